The molecule has 0 bridgehead atoms. The van der Waals surface area contributed by atoms with E-state index < -0.39 is 0 Å². The normalized spacial score (nSPS) is 18.8. The van der Waals surface area contributed by atoms with E-state index in [9.17, 15) is 4.39 Å². The van der Waals surface area contributed by atoms with E-state index in [1.807, 2.05) is 6.07 Å². The first-order chi connectivity index (χ1) is 8.74. The van der Waals surface area contributed by atoms with Crippen molar-refractivity contribution >= 4 is 0 Å². The van der Waals surface area contributed by atoms with E-state index in [4.69, 9.17) is 0 Å². The Balaban J connectivity index is 2.08. The molecule has 1 saturated carbocycles. The van der Waals surface area contributed by atoms with Crippen molar-refractivity contribution < 1.29 is 4.39 Å². The van der Waals surface area contributed by atoms with Crippen LogP contribution >= 0.6 is 0 Å². The van der Waals surface area contributed by atoms with Gasteiger partial charge in [-0.3, -0.25) is 0 Å². The zero-order valence-corrected chi connectivity index (χ0v) is 11.3. The van der Waals surface area contributed by atoms with Gasteiger partial charge in [-0.05, 0) is 48.9 Å². The Morgan fingerprint density at radius 1 is 1.22 bits per heavy atom. The van der Waals surface area contributed by atoms with Crippen molar-refractivity contribution in [2.75, 3.05) is 13.1 Å². The predicted octanol–water partition coefficient (Wildman–Crippen LogP) is 3.93. The molecule has 0 aromatic heterocycles. The van der Waals surface area contributed by atoms with E-state index in [2.05, 4.69) is 18.3 Å². The zero-order chi connectivity index (χ0) is 12.8. The van der Waals surface area contributed by atoms with Gasteiger partial charge in [0.25, 0.3) is 0 Å². The van der Waals surface area contributed by atoms with Crippen LogP contribution in [-0.2, 0) is 6.42 Å². The number of benzene rings is 1. The topological polar surface area (TPSA) is 12.0 Å². The molecule has 1 fully saturated rings. The van der Waals surface area contributed by atoms with Crippen LogP contribution in [0.15, 0.2) is 24.3 Å². The molecule has 0 amide bonds. The number of halogens is 1. The fourth-order valence-corrected chi connectivity index (χ4v) is 3.19. The maximum Gasteiger partial charge on any atom is 0.123 e. The van der Waals surface area contributed by atoms with E-state index in [0.717, 1.165) is 25.1 Å². The average Bonchev–Trinajstić information content (AvgIpc) is 2.38. The van der Waals surface area contributed by atoms with E-state index >= 15 is 0 Å². The maximum atomic E-state index is 13.3. The van der Waals surface area contributed by atoms with Gasteiger partial charge in [-0.2, -0.15) is 0 Å². The first-order valence-electron chi connectivity index (χ1n) is 7.19. The Bertz CT molecular complexity index is 369. The van der Waals surface area contributed by atoms with Gasteiger partial charge < -0.3 is 5.32 Å². The summed E-state index contributed by atoms with van der Waals surface area (Å²) < 4.78 is 13.3. The third-order valence-electron chi connectivity index (χ3n) is 4.13. The summed E-state index contributed by atoms with van der Waals surface area (Å²) in [4.78, 5) is 0. The summed E-state index contributed by atoms with van der Waals surface area (Å²) in [6.07, 6.45) is 7.56. The number of hydrogen-bond donors (Lipinski definition) is 1. The molecule has 0 radical (unpaired) electrons. The Morgan fingerprint density at radius 3 is 2.67 bits per heavy atom. The molecular weight excluding hydrogens is 225 g/mol. The monoisotopic (exact) mass is 249 g/mol. The molecule has 2 heteroatoms. The minimum Gasteiger partial charge on any atom is -0.316 e. The lowest BCUT2D eigenvalue weighted by molar-refractivity contribution is 0.182. The molecule has 1 aliphatic rings. The van der Waals surface area contributed by atoms with Gasteiger partial charge >= 0.3 is 0 Å². The molecule has 1 N–H and O–H groups in total. The predicted molar refractivity (Wildman–Crippen MR) is 74.2 cm³/mol. The second-order valence-corrected chi connectivity index (χ2v) is 5.65. The van der Waals surface area contributed by atoms with Crippen molar-refractivity contribution in [3.05, 3.63) is 35.6 Å². The van der Waals surface area contributed by atoms with Gasteiger partial charge in [-0.15, -0.1) is 0 Å². The van der Waals surface area contributed by atoms with Crippen LogP contribution in [0.5, 0.6) is 0 Å². The van der Waals surface area contributed by atoms with Crippen LogP contribution in [0, 0.1) is 11.2 Å². The maximum absolute atomic E-state index is 13.3. The van der Waals surface area contributed by atoms with Crippen LogP contribution in [0.25, 0.3) is 0 Å². The van der Waals surface area contributed by atoms with Gasteiger partial charge in [0.05, 0.1) is 0 Å². The van der Waals surface area contributed by atoms with Crippen molar-refractivity contribution in [3.63, 3.8) is 0 Å². The first kappa shape index (κ1) is 13.5. The molecule has 1 aromatic rings. The molecule has 1 nitrogen and oxygen atoms in total. The number of nitrogens with one attached hydrogen (secondary N) is 1. The van der Waals surface area contributed by atoms with Crippen LogP contribution in [0.4, 0.5) is 4.39 Å². The van der Waals surface area contributed by atoms with Crippen molar-refractivity contribution in [1.82, 2.24) is 5.32 Å². The lowest BCUT2D eigenvalue weighted by Crippen LogP contribution is -2.38. The van der Waals surface area contributed by atoms with Crippen LogP contribution in [0.2, 0.25) is 0 Å². The summed E-state index contributed by atoms with van der Waals surface area (Å²) in [6, 6.07) is 7.11. The van der Waals surface area contributed by atoms with Gasteiger partial charge in [0.1, 0.15) is 5.82 Å². The third kappa shape index (κ3) is 3.55. The molecule has 18 heavy (non-hydrogen) atoms. The second-order valence-electron chi connectivity index (χ2n) is 5.65. The zero-order valence-electron chi connectivity index (χ0n) is 11.3. The Labute approximate surface area is 110 Å². The molecule has 100 valence electrons. The van der Waals surface area contributed by atoms with Crippen LogP contribution in [0.1, 0.15) is 44.6 Å². The second kappa shape index (κ2) is 6.33. The fourth-order valence-electron chi connectivity index (χ4n) is 3.19. The Kier molecular flexibility index (Phi) is 4.76. The molecule has 0 saturated heterocycles. The average molecular weight is 249 g/mol. The smallest absolute Gasteiger partial charge is 0.123 e. The third-order valence-corrected chi connectivity index (χ3v) is 4.13. The van der Waals surface area contributed by atoms with Crippen molar-refractivity contribution in [2.45, 2.75) is 45.4 Å². The molecule has 0 heterocycles. The molecule has 2 rings (SSSR count). The Morgan fingerprint density at radius 2 is 2.00 bits per heavy atom. The highest BCUT2D eigenvalue weighted by Gasteiger charge is 2.31. The van der Waals surface area contributed by atoms with Gasteiger partial charge in [0, 0.05) is 6.54 Å². The molecule has 0 aliphatic heterocycles. The summed E-state index contributed by atoms with van der Waals surface area (Å²) in [5.41, 5.74) is 1.50. The van der Waals surface area contributed by atoms with Crippen LogP contribution in [0.3, 0.4) is 0 Å². The van der Waals surface area contributed by atoms with E-state index in [1.165, 1.54) is 38.2 Å². The number of rotatable bonds is 5. The quantitative estimate of drug-likeness (QED) is 0.833. The molecule has 1 aromatic carbocycles. The molecule has 0 unspecified atom stereocenters. The van der Waals surface area contributed by atoms with E-state index in [0.29, 0.717) is 5.41 Å². The van der Waals surface area contributed by atoms with Gasteiger partial charge in [0.15, 0.2) is 0 Å². The summed E-state index contributed by atoms with van der Waals surface area (Å²) in [6.45, 7) is 4.24. The summed E-state index contributed by atoms with van der Waals surface area (Å²) in [7, 11) is 0. The molecule has 0 spiro atoms. The molecular formula is C16H24FN. The van der Waals surface area contributed by atoms with E-state index in [-0.39, 0.29) is 5.82 Å². The van der Waals surface area contributed by atoms with Crippen molar-refractivity contribution in [1.29, 1.82) is 0 Å². The van der Waals surface area contributed by atoms with E-state index in [1.54, 1.807) is 6.07 Å². The summed E-state index contributed by atoms with van der Waals surface area (Å²) in [5.74, 6) is -0.109. The van der Waals surface area contributed by atoms with Gasteiger partial charge in [-0.1, -0.05) is 38.3 Å². The van der Waals surface area contributed by atoms with Crippen molar-refractivity contribution in [3.8, 4) is 0 Å². The van der Waals surface area contributed by atoms with Crippen molar-refractivity contribution in [2.24, 2.45) is 5.41 Å². The largest absolute Gasteiger partial charge is 0.316 e. The van der Waals surface area contributed by atoms with Gasteiger partial charge in [0.2, 0.25) is 0 Å². The summed E-state index contributed by atoms with van der Waals surface area (Å²) >= 11 is 0. The molecule has 0 atom stereocenters. The van der Waals surface area contributed by atoms with Crippen LogP contribution in [-0.4, -0.2) is 13.1 Å². The standard InChI is InChI=1S/C16H24FN/c1-2-18-13-16(9-4-3-5-10-16)12-14-7-6-8-15(17)11-14/h6-8,11,18H,2-5,9-10,12-13H2,1H3. The fraction of sp³-hybridized carbons (Fsp3) is 0.625. The minimum atomic E-state index is -0.109. The minimum absolute atomic E-state index is 0.109. The van der Waals surface area contributed by atoms with Crippen LogP contribution < -0.4 is 5.32 Å². The SMILES string of the molecule is CCNCC1(Cc2cccc(F)c2)CCCCC1. The Hall–Kier alpha value is -0.890. The lowest BCUT2D eigenvalue weighted by Gasteiger charge is -2.38. The highest BCUT2D eigenvalue weighted by molar-refractivity contribution is 5.18. The summed E-state index contributed by atoms with van der Waals surface area (Å²) in [5, 5.41) is 3.50. The highest BCUT2D eigenvalue weighted by Crippen LogP contribution is 2.38. The lowest BCUT2D eigenvalue weighted by atomic mass is 9.70. The molecule has 1 aliphatic carbocycles. The number of hydrogen-bond acceptors (Lipinski definition) is 1. The first-order valence-corrected chi connectivity index (χ1v) is 7.19. The van der Waals surface area contributed by atoms with Gasteiger partial charge in [-0.25, -0.2) is 4.39 Å². The highest BCUT2D eigenvalue weighted by atomic mass is 19.1.